The summed E-state index contributed by atoms with van der Waals surface area (Å²) in [5.74, 6) is 2.35. The van der Waals surface area contributed by atoms with E-state index in [1.54, 1.807) is 0 Å². The number of hydrogen-bond donors (Lipinski definition) is 3. The molecule has 2 aliphatic carbocycles. The van der Waals surface area contributed by atoms with Crippen LogP contribution in [0.5, 0.6) is 0 Å². The van der Waals surface area contributed by atoms with E-state index in [1.165, 1.54) is 83.3 Å². The predicted molar refractivity (Wildman–Crippen MR) is 323 cm³/mol. The number of hydrazine groups is 1. The van der Waals surface area contributed by atoms with Crippen molar-refractivity contribution in [1.82, 2.24) is 35.8 Å². The molecule has 10 aliphatic rings. The molecular formula is C66H108N8O5. The summed E-state index contributed by atoms with van der Waals surface area (Å²) in [6.45, 7) is 29.1. The molecule has 4 bridgehead atoms. The molecule has 11 rings (SSSR count). The average molecular weight is 1090 g/mol. The number of nitrogens with one attached hydrogen (secondary N) is 3. The molecule has 10 atom stereocenters. The van der Waals surface area contributed by atoms with Gasteiger partial charge in [0.25, 0.3) is 0 Å². The van der Waals surface area contributed by atoms with E-state index in [0.29, 0.717) is 49.3 Å². The van der Waals surface area contributed by atoms with Crippen molar-refractivity contribution in [3.63, 3.8) is 0 Å². The summed E-state index contributed by atoms with van der Waals surface area (Å²) in [5, 5.41) is 9.63. The van der Waals surface area contributed by atoms with E-state index in [2.05, 4.69) is 114 Å². The fourth-order valence-corrected chi connectivity index (χ4v) is 17.1. The van der Waals surface area contributed by atoms with Crippen LogP contribution in [0.3, 0.4) is 0 Å². The molecular weight excluding hydrogens is 985 g/mol. The number of piperidine rings is 3. The summed E-state index contributed by atoms with van der Waals surface area (Å²) in [6, 6.07) is 6.78. The number of carbonyl (C=O) groups is 2. The van der Waals surface area contributed by atoms with Gasteiger partial charge in [0.1, 0.15) is 6.04 Å². The van der Waals surface area contributed by atoms with E-state index in [0.717, 1.165) is 129 Å². The molecule has 8 heterocycles. The van der Waals surface area contributed by atoms with Crippen molar-refractivity contribution in [3.8, 4) is 0 Å². The third-order valence-corrected chi connectivity index (χ3v) is 21.2. The van der Waals surface area contributed by atoms with Gasteiger partial charge in [-0.05, 0) is 180 Å². The van der Waals surface area contributed by atoms with Crippen LogP contribution in [0.1, 0.15) is 159 Å². The first-order valence-corrected chi connectivity index (χ1v) is 31.5. The highest BCUT2D eigenvalue weighted by Gasteiger charge is 2.55. The maximum absolute atomic E-state index is 15.7. The van der Waals surface area contributed by atoms with E-state index in [-0.39, 0.29) is 63.1 Å². The van der Waals surface area contributed by atoms with Crippen LogP contribution in [0.4, 0.5) is 5.69 Å². The van der Waals surface area contributed by atoms with Crippen molar-refractivity contribution in [2.24, 2.45) is 40.4 Å². The van der Waals surface area contributed by atoms with Crippen LogP contribution >= 0.6 is 0 Å². The number of benzene rings is 1. The van der Waals surface area contributed by atoms with Crippen molar-refractivity contribution in [3.05, 3.63) is 70.1 Å². The number of nitrogens with zero attached hydrogens (tertiary/aromatic N) is 5. The Labute approximate surface area is 480 Å². The van der Waals surface area contributed by atoms with Crippen LogP contribution in [0.25, 0.3) is 5.57 Å². The summed E-state index contributed by atoms with van der Waals surface area (Å²) >= 11 is 0. The molecule has 6 unspecified atom stereocenters. The lowest BCUT2D eigenvalue weighted by atomic mass is 9.62. The molecule has 0 aromatic heterocycles. The molecule has 1 spiro atoms. The number of methoxy groups -OCH3 is 1. The van der Waals surface area contributed by atoms with Gasteiger partial charge in [-0.15, -0.1) is 0 Å². The minimum Gasteiger partial charge on any atom is -0.464 e. The second kappa shape index (κ2) is 24.6. The van der Waals surface area contributed by atoms with Gasteiger partial charge in [-0.3, -0.25) is 19.4 Å². The van der Waals surface area contributed by atoms with Crippen molar-refractivity contribution < 1.29 is 26.7 Å². The molecule has 8 aliphatic heterocycles. The van der Waals surface area contributed by atoms with Gasteiger partial charge in [0.2, 0.25) is 5.91 Å². The van der Waals surface area contributed by atoms with Crippen LogP contribution < -0.4 is 21.0 Å². The number of ether oxygens (including phenoxy) is 3. The summed E-state index contributed by atoms with van der Waals surface area (Å²) in [6.07, 6.45) is 19.7. The highest BCUT2D eigenvalue weighted by Crippen LogP contribution is 2.51. The van der Waals surface area contributed by atoms with Crippen LogP contribution in [0.15, 0.2) is 59.0 Å². The lowest BCUT2D eigenvalue weighted by molar-refractivity contribution is -0.200. The Morgan fingerprint density at radius 3 is 2.43 bits per heavy atom. The Morgan fingerprint density at radius 1 is 0.949 bits per heavy atom. The second-order valence-corrected chi connectivity index (χ2v) is 27.2. The molecule has 13 nitrogen and oxygen atoms in total. The SMILES string of the molecule is C.C=C1[C@@H](NC(=O)[C@@H]2C(C)C3CCCCC3[C@@H]3CCCCN23)C(N2CC3(COC3)C2)CCN(CCC)c2ccc3c(c2)C(=C(C2=C([C@H](C)OC)N(C)CC(C4CCNCC4)=C2)C(CC)C3)CC(C)(C)COC(=O)C2CCCN1N2.[HH].[HH]. The molecule has 442 valence electrons. The zero-order valence-corrected chi connectivity index (χ0v) is 49.4. The third-order valence-electron chi connectivity index (χ3n) is 21.2. The molecule has 13 heteroatoms. The van der Waals surface area contributed by atoms with Crippen LogP contribution in [-0.2, 0) is 30.2 Å². The van der Waals surface area contributed by atoms with E-state index in [1.807, 2.05) is 7.11 Å². The summed E-state index contributed by atoms with van der Waals surface area (Å²) in [7, 11) is 4.13. The summed E-state index contributed by atoms with van der Waals surface area (Å²) in [5.41, 5.74) is 15.3. The number of amides is 1. The Bertz CT molecular complexity index is 2460. The molecule has 3 N–H and O–H groups in total. The molecule has 1 aromatic rings. The largest absolute Gasteiger partial charge is 0.464 e. The highest BCUT2D eigenvalue weighted by atomic mass is 16.5. The number of esters is 1. The maximum atomic E-state index is 15.7. The van der Waals surface area contributed by atoms with Gasteiger partial charge in [-0.1, -0.05) is 80.0 Å². The van der Waals surface area contributed by atoms with Gasteiger partial charge in [0.15, 0.2) is 0 Å². The molecule has 1 aromatic carbocycles. The summed E-state index contributed by atoms with van der Waals surface area (Å²) in [4.78, 5) is 40.8. The Morgan fingerprint density at radius 2 is 1.71 bits per heavy atom. The quantitative estimate of drug-likeness (QED) is 0.194. The molecule has 79 heavy (non-hydrogen) atoms. The number of hydrogen-bond acceptors (Lipinski definition) is 12. The van der Waals surface area contributed by atoms with Gasteiger partial charge in [0, 0.05) is 96.2 Å². The molecule has 1 saturated carbocycles. The first-order chi connectivity index (χ1) is 37.7. The number of allylic oxidation sites excluding steroid dienone is 4. The third kappa shape index (κ3) is 11.7. The number of anilines is 1. The number of fused-ring (bicyclic) bond motifs is 6. The zero-order valence-electron chi connectivity index (χ0n) is 49.4. The Balaban J connectivity index is 0.00000287. The fraction of sp³-hybridized carbons (Fsp3) is 0.758. The lowest BCUT2D eigenvalue weighted by Gasteiger charge is -2.59. The molecule has 6 saturated heterocycles. The van der Waals surface area contributed by atoms with Gasteiger partial charge in [-0.2, -0.15) is 0 Å². The van der Waals surface area contributed by atoms with Gasteiger partial charge in [-0.25, -0.2) is 5.43 Å². The first-order valence-electron chi connectivity index (χ1n) is 31.5. The molecule has 7 fully saturated rings. The highest BCUT2D eigenvalue weighted by molar-refractivity contribution is 5.84. The van der Waals surface area contributed by atoms with E-state index < -0.39 is 6.04 Å². The number of cyclic esters (lactones) is 1. The van der Waals surface area contributed by atoms with E-state index in [9.17, 15) is 4.79 Å². The van der Waals surface area contributed by atoms with E-state index in [4.69, 9.17) is 20.8 Å². The lowest BCUT2D eigenvalue weighted by Crippen LogP contribution is -2.72. The van der Waals surface area contributed by atoms with Crippen molar-refractivity contribution in [2.75, 3.05) is 97.8 Å². The zero-order chi connectivity index (χ0) is 54.5. The number of likely N-dealkylation sites (N-methyl/N-ethyl adjacent to an activating group) is 1. The number of carbonyl (C=O) groups excluding carboxylic acids is 2. The smallest absolute Gasteiger partial charge is 0.324 e. The van der Waals surface area contributed by atoms with E-state index >= 15 is 4.79 Å². The van der Waals surface area contributed by atoms with Gasteiger partial charge in [0.05, 0.1) is 43.7 Å². The van der Waals surface area contributed by atoms with Crippen LogP contribution in [0, 0.1) is 40.4 Å². The second-order valence-electron chi connectivity index (χ2n) is 27.2. The number of rotatable bonds is 10. The van der Waals surface area contributed by atoms with Crippen molar-refractivity contribution >= 4 is 23.1 Å². The van der Waals surface area contributed by atoms with Gasteiger partial charge >= 0.3 is 5.97 Å². The minimum atomic E-state index is -0.521. The monoisotopic (exact) mass is 1090 g/mol. The first kappa shape index (κ1) is 58.5. The predicted octanol–water partition coefficient (Wildman–Crippen LogP) is 10.2. The standard InChI is InChI=1S/C65H100N8O5.CH4.2H2/c1-10-28-70-31-25-57(71-37-65(38-71)40-77-41-65)59(67-62(74)60-42(3)50-17-12-13-18-51(50)56-20-14-15-29-72(56)60)43(4)73-30-16-19-55(68-73)63(75)78-39-64(6,7)35-54-52-34-49(70)22-21-47(52)32-45(11-2)58(54)53-33-48(46-23-26-66-27-24-46)36-69(8)61(53)44(5)76-9;;;/h21-22,33-34,42,44-46,50-51,55-57,59-60,66,68H,4,10-20,23-32,35-41H2,1-3,5-9H3,(H,67,74);1H4;2*1H/t42?,44-,45?,50?,51?,55?,56-,57?,59+,60-;;;/m0.../s1. The Kier molecular flexibility index (Phi) is 18.2. The normalized spacial score (nSPS) is 33.2. The molecule has 1 amide bonds. The Hall–Kier alpha value is -3.72. The summed E-state index contributed by atoms with van der Waals surface area (Å²) < 4.78 is 18.7. The fourth-order valence-electron chi connectivity index (χ4n) is 17.1. The van der Waals surface area contributed by atoms with Crippen molar-refractivity contribution in [1.29, 1.82) is 0 Å². The average Bonchev–Trinajstić information content (AvgIpc) is 3.43. The topological polar surface area (TPSA) is 114 Å². The van der Waals surface area contributed by atoms with Crippen molar-refractivity contribution in [2.45, 2.75) is 188 Å². The van der Waals surface area contributed by atoms with Crippen LogP contribution in [0.2, 0.25) is 0 Å². The van der Waals surface area contributed by atoms with Crippen LogP contribution in [-0.4, -0.2) is 161 Å². The molecule has 0 radical (unpaired) electrons. The minimum absolute atomic E-state index is 0. The van der Waals surface area contributed by atoms with Gasteiger partial charge < -0.3 is 39.7 Å². The maximum Gasteiger partial charge on any atom is 0.324 e. The number of likely N-dealkylation sites (tertiary alicyclic amines) is 1.